The van der Waals surface area contributed by atoms with Crippen LogP contribution < -0.4 is 0 Å². The van der Waals surface area contributed by atoms with E-state index in [1.54, 1.807) is 6.08 Å². The number of carbonyl (C=O) groups excluding carboxylic acids is 1. The molecule has 1 unspecified atom stereocenters. The molecule has 1 saturated carbocycles. The number of hydrogen-bond donors (Lipinski definition) is 0. The average molecular weight is 343 g/mol. The van der Waals surface area contributed by atoms with E-state index in [0.717, 1.165) is 24.2 Å². The van der Waals surface area contributed by atoms with Gasteiger partial charge in [-0.2, -0.15) is 0 Å². The minimum Gasteiger partial charge on any atom is -0.337 e. The van der Waals surface area contributed by atoms with Gasteiger partial charge in [0.25, 0.3) is 0 Å². The predicted octanol–water partition coefficient (Wildman–Crippen LogP) is 3.30. The molecule has 2 aromatic rings. The molecule has 0 radical (unpaired) electrons. The first-order valence-electron chi connectivity index (χ1n) is 8.33. The summed E-state index contributed by atoms with van der Waals surface area (Å²) >= 11 is 5.86. The fourth-order valence-corrected chi connectivity index (χ4v) is 3.17. The number of amides is 1. The molecule has 124 valence electrons. The molecule has 2 aliphatic rings. The third kappa shape index (κ3) is 3.36. The number of hydrogen-bond acceptors (Lipinski definition) is 3. The lowest BCUT2D eigenvalue weighted by molar-refractivity contribution is -0.125. The lowest BCUT2D eigenvalue weighted by atomic mass is 10.2. The van der Waals surface area contributed by atoms with Crippen molar-refractivity contribution in [2.75, 3.05) is 13.1 Å². The van der Waals surface area contributed by atoms with Crippen molar-refractivity contribution in [1.82, 2.24) is 19.9 Å². The Balaban J connectivity index is 1.36. The average Bonchev–Trinajstić information content (AvgIpc) is 3.12. The highest BCUT2D eigenvalue weighted by Gasteiger charge is 2.30. The van der Waals surface area contributed by atoms with Crippen LogP contribution in [0.4, 0.5) is 0 Å². The first-order valence-corrected chi connectivity index (χ1v) is 8.71. The molecule has 24 heavy (non-hydrogen) atoms. The van der Waals surface area contributed by atoms with Crippen LogP contribution in [-0.4, -0.2) is 38.9 Å². The fourth-order valence-electron chi connectivity index (χ4n) is 3.04. The number of nitrogens with zero attached hydrogens (tertiary/aromatic N) is 4. The van der Waals surface area contributed by atoms with Crippen molar-refractivity contribution < 1.29 is 4.79 Å². The Morgan fingerprint density at radius 1 is 1.21 bits per heavy atom. The number of aromatic nitrogens is 3. The summed E-state index contributed by atoms with van der Waals surface area (Å²) in [5, 5.41) is 9.21. The van der Waals surface area contributed by atoms with Gasteiger partial charge >= 0.3 is 0 Å². The summed E-state index contributed by atoms with van der Waals surface area (Å²) in [5.74, 6) is 0.648. The van der Waals surface area contributed by atoms with Crippen LogP contribution in [0.15, 0.2) is 36.5 Å². The molecule has 0 N–H and O–H groups in total. The van der Waals surface area contributed by atoms with E-state index in [2.05, 4.69) is 16.5 Å². The van der Waals surface area contributed by atoms with Gasteiger partial charge in [0.05, 0.1) is 11.7 Å². The van der Waals surface area contributed by atoms with E-state index >= 15 is 0 Å². The van der Waals surface area contributed by atoms with Crippen molar-refractivity contribution in [1.29, 1.82) is 0 Å². The summed E-state index contributed by atoms with van der Waals surface area (Å²) < 4.78 is 1.93. The maximum atomic E-state index is 12.4. The van der Waals surface area contributed by atoms with Gasteiger partial charge in [0, 0.05) is 36.3 Å². The smallest absolute Gasteiger partial charge is 0.246 e. The van der Waals surface area contributed by atoms with E-state index in [1.807, 2.05) is 39.9 Å². The lowest BCUT2D eigenvalue weighted by Crippen LogP contribution is -2.27. The second kappa shape index (κ2) is 6.40. The molecular weight excluding hydrogens is 324 g/mol. The van der Waals surface area contributed by atoms with Gasteiger partial charge in [-0.25, -0.2) is 4.68 Å². The van der Waals surface area contributed by atoms with Gasteiger partial charge in [-0.15, -0.1) is 5.10 Å². The molecular formula is C18H19ClN4O. The van der Waals surface area contributed by atoms with Crippen LogP contribution in [0.25, 0.3) is 6.08 Å². The van der Waals surface area contributed by atoms with Crippen LogP contribution in [-0.2, 0) is 4.79 Å². The summed E-state index contributed by atoms with van der Waals surface area (Å²) in [6, 6.07) is 7.67. The topological polar surface area (TPSA) is 51.0 Å². The summed E-state index contributed by atoms with van der Waals surface area (Å²) in [4.78, 5) is 14.2. The second-order valence-electron chi connectivity index (χ2n) is 6.51. The molecule has 1 aromatic carbocycles. The monoisotopic (exact) mass is 342 g/mol. The number of halogens is 1. The maximum Gasteiger partial charge on any atom is 0.246 e. The number of carbonyl (C=O) groups is 1. The molecule has 1 aliphatic heterocycles. The third-order valence-corrected chi connectivity index (χ3v) is 4.91. The van der Waals surface area contributed by atoms with Crippen LogP contribution in [0.3, 0.4) is 0 Å². The zero-order valence-electron chi connectivity index (χ0n) is 13.3. The van der Waals surface area contributed by atoms with Crippen molar-refractivity contribution >= 4 is 23.6 Å². The van der Waals surface area contributed by atoms with E-state index in [9.17, 15) is 4.79 Å². The third-order valence-electron chi connectivity index (χ3n) is 4.66. The van der Waals surface area contributed by atoms with Crippen molar-refractivity contribution in [3.63, 3.8) is 0 Å². The lowest BCUT2D eigenvalue weighted by Gasteiger charge is -2.14. The van der Waals surface area contributed by atoms with Crippen molar-refractivity contribution in [3.05, 3.63) is 52.8 Å². The Hall–Kier alpha value is -2.14. The number of benzene rings is 1. The van der Waals surface area contributed by atoms with Gasteiger partial charge in [-0.05, 0) is 43.0 Å². The molecule has 1 aromatic heterocycles. The summed E-state index contributed by atoms with van der Waals surface area (Å²) in [6.45, 7) is 1.45. The standard InChI is InChI=1S/C18H19ClN4O/c19-15-6-1-13(2-7-15)3-8-18(24)22-10-9-16(11-22)23-12-17(20-21-23)14-4-5-14/h1-3,6-8,12,14,16H,4-5,9-11H2/b8-3+. The zero-order valence-corrected chi connectivity index (χ0v) is 14.1. The fraction of sp³-hybridized carbons (Fsp3) is 0.389. The van der Waals surface area contributed by atoms with E-state index in [1.165, 1.54) is 12.8 Å². The molecule has 1 amide bonds. The quantitative estimate of drug-likeness (QED) is 0.801. The highest BCUT2D eigenvalue weighted by atomic mass is 35.5. The molecule has 0 spiro atoms. The number of likely N-dealkylation sites (tertiary alicyclic amines) is 1. The summed E-state index contributed by atoms with van der Waals surface area (Å²) in [5.41, 5.74) is 2.07. The summed E-state index contributed by atoms with van der Waals surface area (Å²) in [6.07, 6.45) is 8.88. The molecule has 6 heteroatoms. The van der Waals surface area contributed by atoms with Crippen LogP contribution in [0.2, 0.25) is 5.02 Å². The molecule has 2 fully saturated rings. The van der Waals surface area contributed by atoms with Crippen LogP contribution >= 0.6 is 11.6 Å². The molecule has 1 aliphatic carbocycles. The number of rotatable bonds is 4. The zero-order chi connectivity index (χ0) is 16.5. The van der Waals surface area contributed by atoms with E-state index in [0.29, 0.717) is 17.5 Å². The highest BCUT2D eigenvalue weighted by molar-refractivity contribution is 6.30. The first-order chi connectivity index (χ1) is 11.7. The Bertz CT molecular complexity index is 764. The van der Waals surface area contributed by atoms with Gasteiger partial charge in [-0.3, -0.25) is 4.79 Å². The highest BCUT2D eigenvalue weighted by Crippen LogP contribution is 2.39. The second-order valence-corrected chi connectivity index (χ2v) is 6.95. The predicted molar refractivity (Wildman–Crippen MR) is 92.7 cm³/mol. The van der Waals surface area contributed by atoms with Crippen molar-refractivity contribution in [2.24, 2.45) is 0 Å². The molecule has 1 saturated heterocycles. The largest absolute Gasteiger partial charge is 0.337 e. The maximum absolute atomic E-state index is 12.4. The normalized spacial score (nSPS) is 20.9. The van der Waals surface area contributed by atoms with Gasteiger partial charge in [0.1, 0.15) is 0 Å². The Labute approximate surface area is 145 Å². The van der Waals surface area contributed by atoms with E-state index in [-0.39, 0.29) is 11.9 Å². The van der Waals surface area contributed by atoms with Crippen molar-refractivity contribution in [2.45, 2.75) is 31.2 Å². The van der Waals surface area contributed by atoms with Gasteiger partial charge in [-0.1, -0.05) is 28.9 Å². The van der Waals surface area contributed by atoms with Gasteiger partial charge < -0.3 is 4.90 Å². The summed E-state index contributed by atoms with van der Waals surface area (Å²) in [7, 11) is 0. The minimum atomic E-state index is 0.0370. The van der Waals surface area contributed by atoms with Gasteiger partial charge in [0.15, 0.2) is 0 Å². The molecule has 4 rings (SSSR count). The molecule has 1 atom stereocenters. The first kappa shape index (κ1) is 15.4. The van der Waals surface area contributed by atoms with E-state index in [4.69, 9.17) is 11.6 Å². The minimum absolute atomic E-state index is 0.0370. The van der Waals surface area contributed by atoms with Crippen LogP contribution in [0.5, 0.6) is 0 Å². The Morgan fingerprint density at radius 2 is 2.00 bits per heavy atom. The Kier molecular flexibility index (Phi) is 4.10. The SMILES string of the molecule is O=C(/C=C/c1ccc(Cl)cc1)N1CCC(n2cc(C3CC3)nn2)C1. The van der Waals surface area contributed by atoms with Crippen LogP contribution in [0, 0.1) is 0 Å². The van der Waals surface area contributed by atoms with Crippen LogP contribution in [0.1, 0.15) is 42.5 Å². The Morgan fingerprint density at radius 3 is 2.75 bits per heavy atom. The van der Waals surface area contributed by atoms with E-state index < -0.39 is 0 Å². The molecule has 0 bridgehead atoms. The van der Waals surface area contributed by atoms with Crippen molar-refractivity contribution in [3.8, 4) is 0 Å². The molecule has 2 heterocycles. The van der Waals surface area contributed by atoms with Gasteiger partial charge in [0.2, 0.25) is 5.91 Å². The molecule has 5 nitrogen and oxygen atoms in total.